The number of alkyl halides is 3. The van der Waals surface area contributed by atoms with E-state index in [9.17, 15) is 22.1 Å². The van der Waals surface area contributed by atoms with Crippen molar-refractivity contribution in [3.63, 3.8) is 0 Å². The molecule has 23 heavy (non-hydrogen) atoms. The van der Waals surface area contributed by atoms with Crippen LogP contribution < -0.4 is 4.52 Å². The second kappa shape index (κ2) is 6.72. The van der Waals surface area contributed by atoms with Crippen molar-refractivity contribution in [3.05, 3.63) is 66.0 Å². The van der Waals surface area contributed by atoms with E-state index in [4.69, 9.17) is 9.05 Å². The summed E-state index contributed by atoms with van der Waals surface area (Å²) in [5.41, 5.74) is -0.190. The second-order valence-corrected chi connectivity index (χ2v) is 6.69. The highest BCUT2D eigenvalue weighted by atomic mass is 31.2. The average molecular weight is 348 g/mol. The molecule has 0 radical (unpaired) electrons. The summed E-state index contributed by atoms with van der Waals surface area (Å²) < 4.78 is 74.3. The fraction of sp³-hybridized carbons (Fsp3) is 0.200. The van der Waals surface area contributed by atoms with Crippen LogP contribution in [0.4, 0.5) is 17.6 Å². The van der Waals surface area contributed by atoms with Crippen LogP contribution in [0, 0.1) is 5.82 Å². The van der Waals surface area contributed by atoms with Crippen LogP contribution in [0.25, 0.3) is 0 Å². The first-order valence-electron chi connectivity index (χ1n) is 6.50. The zero-order valence-electron chi connectivity index (χ0n) is 12.0. The number of halogens is 4. The predicted octanol–water partition coefficient (Wildman–Crippen LogP) is 5.35. The Labute approximate surface area is 130 Å². The van der Waals surface area contributed by atoms with Gasteiger partial charge in [-0.2, -0.15) is 13.2 Å². The van der Waals surface area contributed by atoms with E-state index in [1.54, 1.807) is 6.07 Å². The molecule has 0 unspecified atom stereocenters. The fourth-order valence-electron chi connectivity index (χ4n) is 1.84. The molecule has 124 valence electrons. The van der Waals surface area contributed by atoms with Crippen LogP contribution in [-0.4, -0.2) is 12.8 Å². The molecular weight excluding hydrogens is 335 g/mol. The summed E-state index contributed by atoms with van der Waals surface area (Å²) in [4.78, 5) is 0. The molecule has 0 aliphatic carbocycles. The van der Waals surface area contributed by atoms with Gasteiger partial charge in [-0.25, -0.2) is 8.96 Å². The highest BCUT2D eigenvalue weighted by molar-refractivity contribution is 7.53. The van der Waals surface area contributed by atoms with Crippen LogP contribution in [-0.2, 0) is 9.09 Å². The van der Waals surface area contributed by atoms with Gasteiger partial charge in [0.2, 0.25) is 0 Å². The van der Waals surface area contributed by atoms with Crippen molar-refractivity contribution in [2.45, 2.75) is 12.3 Å². The molecule has 2 aromatic rings. The Morgan fingerprint density at radius 2 is 1.57 bits per heavy atom. The van der Waals surface area contributed by atoms with E-state index in [1.807, 2.05) is 0 Å². The Morgan fingerprint density at radius 3 is 2.09 bits per heavy atom. The number of benzene rings is 2. The third-order valence-corrected chi connectivity index (χ3v) is 3.92. The van der Waals surface area contributed by atoms with Gasteiger partial charge in [-0.15, -0.1) is 0 Å². The molecule has 2 atom stereocenters. The minimum Gasteiger partial charge on any atom is -0.425 e. The van der Waals surface area contributed by atoms with E-state index >= 15 is 0 Å². The number of rotatable bonds is 5. The molecule has 8 heteroatoms. The lowest BCUT2D eigenvalue weighted by Gasteiger charge is -2.24. The molecule has 0 saturated carbocycles. The van der Waals surface area contributed by atoms with Crippen molar-refractivity contribution in [2.75, 3.05) is 6.66 Å². The van der Waals surface area contributed by atoms with Crippen LogP contribution >= 0.6 is 7.60 Å². The van der Waals surface area contributed by atoms with Crippen LogP contribution in [0.15, 0.2) is 54.6 Å². The van der Waals surface area contributed by atoms with Gasteiger partial charge < -0.3 is 4.52 Å². The second-order valence-electron chi connectivity index (χ2n) is 4.75. The van der Waals surface area contributed by atoms with E-state index in [0.29, 0.717) is 0 Å². The minimum atomic E-state index is -4.76. The van der Waals surface area contributed by atoms with Crippen molar-refractivity contribution >= 4 is 7.60 Å². The van der Waals surface area contributed by atoms with Gasteiger partial charge >= 0.3 is 13.8 Å². The average Bonchev–Trinajstić information content (AvgIpc) is 2.47. The molecule has 0 bridgehead atoms. The zero-order valence-corrected chi connectivity index (χ0v) is 12.9. The van der Waals surface area contributed by atoms with E-state index in [2.05, 4.69) is 0 Å². The molecule has 0 heterocycles. The summed E-state index contributed by atoms with van der Waals surface area (Å²) in [6.07, 6.45) is -7.15. The molecule has 2 rings (SSSR count). The Hall–Kier alpha value is -1.85. The highest BCUT2D eigenvalue weighted by Crippen LogP contribution is 2.52. The number of hydrogen-bond acceptors (Lipinski definition) is 3. The van der Waals surface area contributed by atoms with Crippen molar-refractivity contribution in [1.82, 2.24) is 0 Å². The van der Waals surface area contributed by atoms with Crippen LogP contribution in [0.5, 0.6) is 5.75 Å². The maximum atomic E-state index is 13.2. The van der Waals surface area contributed by atoms with Crippen LogP contribution in [0.3, 0.4) is 0 Å². The fourth-order valence-corrected chi connectivity index (χ4v) is 3.01. The summed E-state index contributed by atoms with van der Waals surface area (Å²) in [6, 6.07) is 11.2. The van der Waals surface area contributed by atoms with Gasteiger partial charge in [0, 0.05) is 6.66 Å². The smallest absolute Gasteiger partial charge is 0.419 e. The van der Waals surface area contributed by atoms with Crippen molar-refractivity contribution in [3.8, 4) is 5.75 Å². The van der Waals surface area contributed by atoms with Gasteiger partial charge in [0.1, 0.15) is 11.6 Å². The molecule has 0 N–H and O–H groups in total. The largest absolute Gasteiger partial charge is 0.425 e. The normalized spacial score (nSPS) is 15.7. The summed E-state index contributed by atoms with van der Waals surface area (Å²) in [7, 11) is -4.09. The number of hydrogen-bond donors (Lipinski definition) is 0. The first-order chi connectivity index (χ1) is 10.7. The van der Waals surface area contributed by atoms with Gasteiger partial charge in [-0.1, -0.05) is 30.3 Å². The SMILES string of the molecule is C[P@](=O)(Oc1ccc(F)cc1)O[C@@H](c1ccccc1)C(F)(F)F. The molecule has 0 aliphatic heterocycles. The Balaban J connectivity index is 2.21. The molecule has 0 saturated heterocycles. The van der Waals surface area contributed by atoms with Gasteiger partial charge in [0.15, 0.2) is 6.10 Å². The van der Waals surface area contributed by atoms with Crippen molar-refractivity contribution < 1.29 is 31.2 Å². The third-order valence-electron chi connectivity index (χ3n) is 2.78. The van der Waals surface area contributed by atoms with Gasteiger partial charge in [-0.3, -0.25) is 4.52 Å². The van der Waals surface area contributed by atoms with Crippen molar-refractivity contribution in [2.24, 2.45) is 0 Å². The molecule has 0 spiro atoms. The maximum absolute atomic E-state index is 13.2. The Morgan fingerprint density at radius 1 is 1.00 bits per heavy atom. The molecule has 2 aromatic carbocycles. The lowest BCUT2D eigenvalue weighted by molar-refractivity contribution is -0.199. The van der Waals surface area contributed by atoms with E-state index in [1.165, 1.54) is 24.3 Å². The summed E-state index contributed by atoms with van der Waals surface area (Å²) in [6.45, 7) is 0.929. The first kappa shape index (κ1) is 17.5. The first-order valence-corrected chi connectivity index (χ1v) is 8.49. The van der Waals surface area contributed by atoms with E-state index in [-0.39, 0.29) is 11.3 Å². The summed E-state index contributed by atoms with van der Waals surface area (Å²) in [5.74, 6) is -0.604. The topological polar surface area (TPSA) is 35.5 Å². The van der Waals surface area contributed by atoms with Crippen molar-refractivity contribution in [1.29, 1.82) is 0 Å². The van der Waals surface area contributed by atoms with E-state index in [0.717, 1.165) is 30.9 Å². The van der Waals surface area contributed by atoms with Gasteiger partial charge in [-0.05, 0) is 29.8 Å². The quantitative estimate of drug-likeness (QED) is 0.540. The third kappa shape index (κ3) is 5.08. The lowest BCUT2D eigenvalue weighted by Crippen LogP contribution is -2.23. The molecule has 0 amide bonds. The monoisotopic (exact) mass is 348 g/mol. The predicted molar refractivity (Wildman–Crippen MR) is 76.9 cm³/mol. The molecule has 0 fully saturated rings. The summed E-state index contributed by atoms with van der Waals surface area (Å²) >= 11 is 0. The Bertz CT molecular complexity index is 686. The molecule has 0 aromatic heterocycles. The molecule has 3 nitrogen and oxygen atoms in total. The van der Waals surface area contributed by atoms with Crippen LogP contribution in [0.2, 0.25) is 0 Å². The Kier molecular flexibility index (Phi) is 5.12. The van der Waals surface area contributed by atoms with Gasteiger partial charge in [0.25, 0.3) is 0 Å². The van der Waals surface area contributed by atoms with E-state index < -0.39 is 25.7 Å². The van der Waals surface area contributed by atoms with Crippen LogP contribution in [0.1, 0.15) is 11.7 Å². The minimum absolute atomic E-state index is 0.0498. The molecular formula is C15H13F4O3P. The lowest BCUT2D eigenvalue weighted by atomic mass is 10.1. The molecule has 0 aliphatic rings. The zero-order chi connectivity index (χ0) is 17.1. The highest BCUT2D eigenvalue weighted by Gasteiger charge is 2.45. The van der Waals surface area contributed by atoms with Gasteiger partial charge in [0.05, 0.1) is 0 Å². The summed E-state index contributed by atoms with van der Waals surface area (Å²) in [5, 5.41) is 0. The standard InChI is InChI=1S/C15H13F4O3P/c1-23(20,21-13-9-7-12(16)8-10-13)22-14(15(17,18)19)11-5-3-2-4-6-11/h2-10,14H,1H3/t14-,23-/m0/s1. The maximum Gasteiger partial charge on any atom is 0.419 e.